The van der Waals surface area contributed by atoms with E-state index in [1.54, 1.807) is 0 Å². The predicted molar refractivity (Wildman–Crippen MR) is 75.8 cm³/mol. The zero-order valence-electron chi connectivity index (χ0n) is 10.8. The highest BCUT2D eigenvalue weighted by atomic mass is 79.9. The van der Waals surface area contributed by atoms with Crippen molar-refractivity contribution in [2.75, 3.05) is 33.8 Å². The lowest BCUT2D eigenvalue weighted by molar-refractivity contribution is -0.123. The maximum absolute atomic E-state index is 11.5. The highest BCUT2D eigenvalue weighted by Gasteiger charge is 2.04. The Bertz CT molecular complexity index is 383. The molecule has 0 aliphatic heterocycles. The molecule has 0 saturated heterocycles. The van der Waals surface area contributed by atoms with Crippen LogP contribution in [0.4, 0.5) is 0 Å². The van der Waals surface area contributed by atoms with E-state index in [4.69, 9.17) is 4.74 Å². The largest absolute Gasteiger partial charge is 0.483 e. The van der Waals surface area contributed by atoms with Crippen molar-refractivity contribution >= 4 is 21.8 Å². The second kappa shape index (κ2) is 8.11. The molecule has 4 nitrogen and oxygen atoms in total. The number of carbonyl (C=O) groups is 1. The molecule has 0 aliphatic rings. The van der Waals surface area contributed by atoms with Crippen molar-refractivity contribution in [3.05, 3.63) is 28.7 Å². The van der Waals surface area contributed by atoms with E-state index in [0.29, 0.717) is 12.3 Å². The molecule has 0 unspecified atom stereocenters. The van der Waals surface area contributed by atoms with Gasteiger partial charge in [0.2, 0.25) is 0 Å². The van der Waals surface area contributed by atoms with Crippen LogP contribution in [0.3, 0.4) is 0 Å². The number of hydrogen-bond donors (Lipinski definition) is 1. The summed E-state index contributed by atoms with van der Waals surface area (Å²) in [5, 5.41) is 2.82. The normalized spacial score (nSPS) is 10.4. The number of halogens is 1. The molecule has 100 valence electrons. The van der Waals surface area contributed by atoms with Gasteiger partial charge in [0, 0.05) is 6.54 Å². The second-order valence-corrected chi connectivity index (χ2v) is 5.08. The molecule has 1 rings (SSSR count). The Balaban J connectivity index is 2.19. The summed E-state index contributed by atoms with van der Waals surface area (Å²) in [6.07, 6.45) is 0.938. The Morgan fingerprint density at radius 1 is 1.39 bits per heavy atom. The summed E-state index contributed by atoms with van der Waals surface area (Å²) in [5.41, 5.74) is 0. The summed E-state index contributed by atoms with van der Waals surface area (Å²) < 4.78 is 6.26. The van der Waals surface area contributed by atoms with Crippen molar-refractivity contribution in [3.8, 4) is 5.75 Å². The first-order chi connectivity index (χ1) is 8.59. The van der Waals surface area contributed by atoms with E-state index in [2.05, 4.69) is 26.1 Å². The number of benzene rings is 1. The molecule has 0 aliphatic carbocycles. The van der Waals surface area contributed by atoms with Crippen LogP contribution < -0.4 is 10.1 Å². The van der Waals surface area contributed by atoms with Crippen LogP contribution in [0.1, 0.15) is 6.42 Å². The van der Waals surface area contributed by atoms with Crippen LogP contribution in [0.25, 0.3) is 0 Å². The van der Waals surface area contributed by atoms with Crippen LogP contribution in [0.2, 0.25) is 0 Å². The van der Waals surface area contributed by atoms with Crippen molar-refractivity contribution in [2.24, 2.45) is 0 Å². The molecule has 0 fully saturated rings. The van der Waals surface area contributed by atoms with Crippen molar-refractivity contribution < 1.29 is 9.53 Å². The van der Waals surface area contributed by atoms with Gasteiger partial charge in [-0.25, -0.2) is 0 Å². The number of rotatable bonds is 7. The number of carbonyl (C=O) groups excluding carboxylic acids is 1. The molecule has 5 heteroatoms. The second-order valence-electron chi connectivity index (χ2n) is 4.23. The number of ether oxygens (including phenoxy) is 1. The number of amides is 1. The molecule has 0 saturated carbocycles. The Morgan fingerprint density at radius 2 is 2.11 bits per heavy atom. The first-order valence-corrected chi connectivity index (χ1v) is 6.67. The monoisotopic (exact) mass is 314 g/mol. The molecular formula is C13H19BrN2O2. The van der Waals surface area contributed by atoms with Crippen molar-refractivity contribution in [1.82, 2.24) is 10.2 Å². The van der Waals surface area contributed by atoms with E-state index in [0.717, 1.165) is 17.4 Å². The van der Waals surface area contributed by atoms with Crippen LogP contribution >= 0.6 is 15.9 Å². The maximum atomic E-state index is 11.5. The lowest BCUT2D eigenvalue weighted by atomic mass is 10.3. The molecule has 0 aromatic heterocycles. The van der Waals surface area contributed by atoms with Crippen molar-refractivity contribution in [1.29, 1.82) is 0 Å². The van der Waals surface area contributed by atoms with Crippen molar-refractivity contribution in [3.63, 3.8) is 0 Å². The van der Waals surface area contributed by atoms with Crippen LogP contribution in [-0.2, 0) is 4.79 Å². The van der Waals surface area contributed by atoms with Gasteiger partial charge in [-0.05, 0) is 55.1 Å². The van der Waals surface area contributed by atoms with Gasteiger partial charge in [-0.1, -0.05) is 12.1 Å². The molecule has 0 heterocycles. The lowest BCUT2D eigenvalue weighted by Gasteiger charge is -2.11. The minimum Gasteiger partial charge on any atom is -0.483 e. The highest BCUT2D eigenvalue weighted by Crippen LogP contribution is 2.23. The fourth-order valence-electron chi connectivity index (χ4n) is 1.38. The Labute approximate surface area is 116 Å². The van der Waals surface area contributed by atoms with Crippen LogP contribution in [0.15, 0.2) is 28.7 Å². The molecule has 1 aromatic carbocycles. The van der Waals surface area contributed by atoms with E-state index in [1.807, 2.05) is 38.4 Å². The first kappa shape index (κ1) is 15.0. The minimum absolute atomic E-state index is 0.0462. The van der Waals surface area contributed by atoms with Crippen molar-refractivity contribution in [2.45, 2.75) is 6.42 Å². The standard InChI is InChI=1S/C13H19BrN2O2/c1-16(2)9-5-8-15-13(17)10-18-12-7-4-3-6-11(12)14/h3-4,6-7H,5,8-10H2,1-2H3,(H,15,17). The third-order valence-electron chi connectivity index (χ3n) is 2.30. The molecule has 1 N–H and O–H groups in total. The molecule has 0 spiro atoms. The van der Waals surface area contributed by atoms with Gasteiger partial charge < -0.3 is 15.0 Å². The third kappa shape index (κ3) is 6.02. The molecule has 18 heavy (non-hydrogen) atoms. The molecule has 0 bridgehead atoms. The van der Waals surface area contributed by atoms with Gasteiger partial charge in [0.05, 0.1) is 4.47 Å². The summed E-state index contributed by atoms with van der Waals surface area (Å²) in [6.45, 7) is 1.69. The average Bonchev–Trinajstić information content (AvgIpc) is 2.33. The van der Waals surface area contributed by atoms with E-state index < -0.39 is 0 Å². The van der Waals surface area contributed by atoms with Gasteiger partial charge in [-0.2, -0.15) is 0 Å². The van der Waals surface area contributed by atoms with Gasteiger partial charge in [-0.3, -0.25) is 4.79 Å². The van der Waals surface area contributed by atoms with Gasteiger partial charge in [0.1, 0.15) is 5.75 Å². The summed E-state index contributed by atoms with van der Waals surface area (Å²) in [7, 11) is 4.02. The molecule has 0 radical (unpaired) electrons. The van der Waals surface area contributed by atoms with Gasteiger partial charge in [-0.15, -0.1) is 0 Å². The molecule has 0 atom stereocenters. The molecule has 1 amide bonds. The van der Waals surface area contributed by atoms with Crippen LogP contribution in [-0.4, -0.2) is 44.6 Å². The number of nitrogens with one attached hydrogen (secondary N) is 1. The van der Waals surface area contributed by atoms with Crippen LogP contribution in [0.5, 0.6) is 5.75 Å². The maximum Gasteiger partial charge on any atom is 0.257 e. The number of hydrogen-bond acceptors (Lipinski definition) is 3. The lowest BCUT2D eigenvalue weighted by Crippen LogP contribution is -2.31. The number of nitrogens with zero attached hydrogens (tertiary/aromatic N) is 1. The van der Waals surface area contributed by atoms with E-state index >= 15 is 0 Å². The van der Waals surface area contributed by atoms with Crippen LogP contribution in [0, 0.1) is 0 Å². The van der Waals surface area contributed by atoms with E-state index in [-0.39, 0.29) is 12.5 Å². The fourth-order valence-corrected chi connectivity index (χ4v) is 1.78. The third-order valence-corrected chi connectivity index (χ3v) is 2.95. The van der Waals surface area contributed by atoms with E-state index in [1.165, 1.54) is 0 Å². The predicted octanol–water partition coefficient (Wildman–Crippen LogP) is 1.90. The van der Waals surface area contributed by atoms with E-state index in [9.17, 15) is 4.79 Å². The molecule has 1 aromatic rings. The highest BCUT2D eigenvalue weighted by molar-refractivity contribution is 9.10. The Hall–Kier alpha value is -1.07. The minimum atomic E-state index is -0.0930. The fraction of sp³-hybridized carbons (Fsp3) is 0.462. The molecular weight excluding hydrogens is 296 g/mol. The first-order valence-electron chi connectivity index (χ1n) is 5.88. The van der Waals surface area contributed by atoms with Gasteiger partial charge >= 0.3 is 0 Å². The Morgan fingerprint density at radius 3 is 2.78 bits per heavy atom. The van der Waals surface area contributed by atoms with Gasteiger partial charge in [0.15, 0.2) is 6.61 Å². The zero-order chi connectivity index (χ0) is 13.4. The summed E-state index contributed by atoms with van der Waals surface area (Å²) in [5.74, 6) is 0.588. The average molecular weight is 315 g/mol. The summed E-state index contributed by atoms with van der Waals surface area (Å²) in [4.78, 5) is 13.6. The summed E-state index contributed by atoms with van der Waals surface area (Å²) >= 11 is 3.36. The number of para-hydroxylation sites is 1. The van der Waals surface area contributed by atoms with Gasteiger partial charge in [0.25, 0.3) is 5.91 Å². The topological polar surface area (TPSA) is 41.6 Å². The Kier molecular flexibility index (Phi) is 6.75. The zero-order valence-corrected chi connectivity index (χ0v) is 12.4. The smallest absolute Gasteiger partial charge is 0.257 e. The summed E-state index contributed by atoms with van der Waals surface area (Å²) in [6, 6.07) is 7.47. The SMILES string of the molecule is CN(C)CCCNC(=O)COc1ccccc1Br. The quantitative estimate of drug-likeness (QED) is 0.782.